The molecule has 0 aliphatic rings. The molecule has 0 spiro atoms. The standard InChI is InChI=1S/C6H4Cl2.CH5BO2/c7-5-3-1-2-4-6(5)8;1-2(3)4/h1-4H;3-4H,1H3. The number of halogens is 2. The van der Waals surface area contributed by atoms with Gasteiger partial charge in [0.25, 0.3) is 0 Å². The second kappa shape index (κ2) is 6.32. The molecular weight excluding hydrogens is 198 g/mol. The van der Waals surface area contributed by atoms with Gasteiger partial charge in [0.2, 0.25) is 0 Å². The highest BCUT2D eigenvalue weighted by Crippen LogP contribution is 2.19. The van der Waals surface area contributed by atoms with E-state index in [1.807, 2.05) is 12.1 Å². The molecule has 1 rings (SSSR count). The Bertz CT molecular complexity index is 207. The quantitative estimate of drug-likeness (QED) is 0.639. The summed E-state index contributed by atoms with van der Waals surface area (Å²) in [6.45, 7) is 1.28. The predicted octanol–water partition coefficient (Wildman–Crippen LogP) is 2.08. The van der Waals surface area contributed by atoms with Crippen molar-refractivity contribution in [2.45, 2.75) is 6.82 Å². The molecule has 2 N–H and O–H groups in total. The lowest BCUT2D eigenvalue weighted by Crippen LogP contribution is -2.00. The van der Waals surface area contributed by atoms with Crippen LogP contribution in [0.2, 0.25) is 16.9 Å². The summed E-state index contributed by atoms with van der Waals surface area (Å²) in [6, 6.07) is 7.19. The first-order valence-corrected chi connectivity index (χ1v) is 4.05. The van der Waals surface area contributed by atoms with Gasteiger partial charge in [0, 0.05) is 0 Å². The van der Waals surface area contributed by atoms with Crippen LogP contribution in [0.1, 0.15) is 0 Å². The Labute approximate surface area is 81.9 Å². The van der Waals surface area contributed by atoms with Gasteiger partial charge in [-0.2, -0.15) is 0 Å². The monoisotopic (exact) mass is 206 g/mol. The van der Waals surface area contributed by atoms with E-state index in [1.165, 1.54) is 6.82 Å². The Morgan fingerprint density at radius 2 is 1.33 bits per heavy atom. The van der Waals surface area contributed by atoms with Crippen molar-refractivity contribution in [1.29, 1.82) is 0 Å². The highest BCUT2D eigenvalue weighted by atomic mass is 35.5. The average molecular weight is 207 g/mol. The third kappa shape index (κ3) is 6.49. The van der Waals surface area contributed by atoms with E-state index in [4.69, 9.17) is 33.2 Å². The van der Waals surface area contributed by atoms with Crippen molar-refractivity contribution in [3.05, 3.63) is 34.3 Å². The fourth-order valence-electron chi connectivity index (χ4n) is 0.439. The molecule has 0 bridgehead atoms. The molecule has 0 saturated carbocycles. The van der Waals surface area contributed by atoms with Gasteiger partial charge in [0.1, 0.15) is 0 Å². The zero-order valence-corrected chi connectivity index (χ0v) is 8.05. The molecule has 0 heterocycles. The van der Waals surface area contributed by atoms with Gasteiger partial charge in [-0.05, 0) is 19.0 Å². The minimum absolute atomic E-state index is 0.606. The molecule has 0 aliphatic heterocycles. The average Bonchev–Trinajstić information content (AvgIpc) is 1.94. The van der Waals surface area contributed by atoms with E-state index in [2.05, 4.69) is 0 Å². The highest BCUT2D eigenvalue weighted by molar-refractivity contribution is 6.41. The SMILES string of the molecule is CB(O)O.Clc1ccccc1Cl. The number of rotatable bonds is 0. The largest absolute Gasteiger partial charge is 0.448 e. The molecule has 0 aromatic heterocycles. The lowest BCUT2D eigenvalue weighted by Gasteiger charge is -1.88. The minimum Gasteiger partial charge on any atom is -0.427 e. The van der Waals surface area contributed by atoms with Gasteiger partial charge in [-0.3, -0.25) is 0 Å². The Hall–Kier alpha value is -0.215. The fraction of sp³-hybridized carbons (Fsp3) is 0.143. The van der Waals surface area contributed by atoms with Crippen LogP contribution >= 0.6 is 23.2 Å². The van der Waals surface area contributed by atoms with E-state index in [1.54, 1.807) is 12.1 Å². The molecule has 0 aliphatic carbocycles. The van der Waals surface area contributed by atoms with Crippen LogP contribution in [0.25, 0.3) is 0 Å². The van der Waals surface area contributed by atoms with Crippen LogP contribution in [0.15, 0.2) is 24.3 Å². The van der Waals surface area contributed by atoms with Gasteiger partial charge in [0.15, 0.2) is 0 Å². The normalized spacial score (nSPS) is 8.42. The maximum Gasteiger partial charge on any atom is 0.448 e. The van der Waals surface area contributed by atoms with Crippen LogP contribution in [-0.4, -0.2) is 17.2 Å². The molecule has 0 saturated heterocycles. The second-order valence-electron chi connectivity index (χ2n) is 2.05. The van der Waals surface area contributed by atoms with Crippen LogP contribution in [0.5, 0.6) is 0 Å². The summed E-state index contributed by atoms with van der Waals surface area (Å²) in [5, 5.41) is 16.4. The van der Waals surface area contributed by atoms with E-state index in [0.29, 0.717) is 10.0 Å². The second-order valence-corrected chi connectivity index (χ2v) is 2.86. The molecule has 0 radical (unpaired) electrons. The summed E-state index contributed by atoms with van der Waals surface area (Å²) in [5.74, 6) is 0. The molecule has 12 heavy (non-hydrogen) atoms. The zero-order chi connectivity index (χ0) is 9.56. The van der Waals surface area contributed by atoms with Crippen LogP contribution < -0.4 is 0 Å². The topological polar surface area (TPSA) is 40.5 Å². The Morgan fingerprint density at radius 1 is 1.08 bits per heavy atom. The van der Waals surface area contributed by atoms with Gasteiger partial charge in [-0.25, -0.2) is 0 Å². The summed E-state index contributed by atoms with van der Waals surface area (Å²) in [4.78, 5) is 0. The Morgan fingerprint density at radius 3 is 1.50 bits per heavy atom. The van der Waals surface area contributed by atoms with Crippen molar-refractivity contribution >= 4 is 30.3 Å². The van der Waals surface area contributed by atoms with Crippen LogP contribution in [0, 0.1) is 0 Å². The minimum atomic E-state index is -1.17. The van der Waals surface area contributed by atoms with E-state index >= 15 is 0 Å². The van der Waals surface area contributed by atoms with Crippen LogP contribution in [0.4, 0.5) is 0 Å². The summed E-state index contributed by atoms with van der Waals surface area (Å²) in [5.41, 5.74) is 0. The molecule has 0 unspecified atom stereocenters. The first-order valence-electron chi connectivity index (χ1n) is 3.30. The summed E-state index contributed by atoms with van der Waals surface area (Å²) < 4.78 is 0. The molecule has 1 aromatic rings. The van der Waals surface area contributed by atoms with Crippen molar-refractivity contribution in [3.8, 4) is 0 Å². The maximum atomic E-state index is 7.61. The Kier molecular flexibility index (Phi) is 6.20. The van der Waals surface area contributed by atoms with Crippen LogP contribution in [-0.2, 0) is 0 Å². The lowest BCUT2D eigenvalue weighted by molar-refractivity contribution is 0.417. The lowest BCUT2D eigenvalue weighted by atomic mass is 9.99. The molecule has 0 amide bonds. The summed E-state index contributed by atoms with van der Waals surface area (Å²) in [7, 11) is -1.17. The zero-order valence-electron chi connectivity index (χ0n) is 6.54. The van der Waals surface area contributed by atoms with E-state index < -0.39 is 7.12 Å². The number of benzene rings is 1. The molecule has 66 valence electrons. The van der Waals surface area contributed by atoms with Crippen molar-refractivity contribution in [2.24, 2.45) is 0 Å². The van der Waals surface area contributed by atoms with Gasteiger partial charge in [0.05, 0.1) is 10.0 Å². The highest BCUT2D eigenvalue weighted by Gasteiger charge is 1.89. The molecular formula is C7H9BCl2O2. The molecule has 0 fully saturated rings. The van der Waals surface area contributed by atoms with Crippen molar-refractivity contribution in [3.63, 3.8) is 0 Å². The number of hydrogen-bond donors (Lipinski definition) is 2. The smallest absolute Gasteiger partial charge is 0.427 e. The van der Waals surface area contributed by atoms with Crippen molar-refractivity contribution < 1.29 is 10.0 Å². The predicted molar refractivity (Wildman–Crippen MR) is 52.5 cm³/mol. The number of hydrogen-bond acceptors (Lipinski definition) is 2. The first kappa shape index (κ1) is 11.8. The van der Waals surface area contributed by atoms with Crippen molar-refractivity contribution in [2.75, 3.05) is 0 Å². The van der Waals surface area contributed by atoms with Crippen molar-refractivity contribution in [1.82, 2.24) is 0 Å². The fourth-order valence-corrected chi connectivity index (χ4v) is 0.711. The first-order chi connectivity index (χ1) is 5.54. The van der Waals surface area contributed by atoms with Gasteiger partial charge in [-0.1, -0.05) is 35.3 Å². The molecule has 1 aromatic carbocycles. The Balaban J connectivity index is 0.000000261. The summed E-state index contributed by atoms with van der Waals surface area (Å²) in [6.07, 6.45) is 0. The third-order valence-electron chi connectivity index (χ3n) is 0.824. The summed E-state index contributed by atoms with van der Waals surface area (Å²) >= 11 is 11.2. The van der Waals surface area contributed by atoms with E-state index in [0.717, 1.165) is 0 Å². The van der Waals surface area contributed by atoms with Gasteiger partial charge < -0.3 is 10.0 Å². The van der Waals surface area contributed by atoms with E-state index in [9.17, 15) is 0 Å². The van der Waals surface area contributed by atoms with Crippen LogP contribution in [0.3, 0.4) is 0 Å². The maximum absolute atomic E-state index is 7.61. The van der Waals surface area contributed by atoms with Gasteiger partial charge in [-0.15, -0.1) is 0 Å². The molecule has 0 atom stereocenters. The molecule has 5 heteroatoms. The third-order valence-corrected chi connectivity index (χ3v) is 1.58. The van der Waals surface area contributed by atoms with E-state index in [-0.39, 0.29) is 0 Å². The van der Waals surface area contributed by atoms with Gasteiger partial charge >= 0.3 is 7.12 Å². The molecule has 2 nitrogen and oxygen atoms in total.